The molecule has 0 amide bonds. The Kier molecular flexibility index (Phi) is 1.51. The van der Waals surface area contributed by atoms with Crippen LogP contribution < -0.4 is 11.5 Å². The Hall–Kier alpha value is -1.59. The molecule has 1 aliphatic rings. The second kappa shape index (κ2) is 2.45. The van der Waals surface area contributed by atoms with Crippen LogP contribution in [0.2, 0.25) is 0 Å². The molecule has 0 saturated carbocycles. The van der Waals surface area contributed by atoms with Crippen LogP contribution in [0.1, 0.15) is 20.0 Å². The average molecular weight is 180 g/mol. The fraction of sp³-hybridized carbons (Fsp3) is 0.571. The molecule has 1 unspecified atom stereocenters. The number of fused-ring (bicyclic) bond motifs is 1. The van der Waals surface area contributed by atoms with Crippen LogP contribution in [0.3, 0.4) is 0 Å². The summed E-state index contributed by atoms with van der Waals surface area (Å²) < 4.78 is 1.68. The smallest absolute Gasteiger partial charge is 0.200 e. The Morgan fingerprint density at radius 2 is 2.08 bits per heavy atom. The summed E-state index contributed by atoms with van der Waals surface area (Å²) >= 11 is 0. The van der Waals surface area contributed by atoms with Gasteiger partial charge in [0.1, 0.15) is 5.69 Å². The lowest BCUT2D eigenvalue weighted by Crippen LogP contribution is -2.10. The highest BCUT2D eigenvalue weighted by Crippen LogP contribution is 2.38. The van der Waals surface area contributed by atoms with Crippen molar-refractivity contribution >= 4 is 17.3 Å². The van der Waals surface area contributed by atoms with E-state index in [0.29, 0.717) is 23.2 Å². The van der Waals surface area contributed by atoms with Crippen molar-refractivity contribution in [1.29, 1.82) is 0 Å². The molecule has 6 nitrogen and oxygen atoms in total. The molecule has 0 bridgehead atoms. The molecule has 0 spiro atoms. The summed E-state index contributed by atoms with van der Waals surface area (Å²) in [4.78, 5) is 0. The van der Waals surface area contributed by atoms with Gasteiger partial charge in [-0.15, -0.1) is 10.2 Å². The second-order valence-electron chi connectivity index (χ2n) is 3.44. The van der Waals surface area contributed by atoms with Gasteiger partial charge >= 0.3 is 0 Å². The van der Waals surface area contributed by atoms with Crippen LogP contribution in [0.5, 0.6) is 0 Å². The van der Waals surface area contributed by atoms with Gasteiger partial charge in [0.25, 0.3) is 0 Å². The molecule has 1 aromatic rings. The molecule has 13 heavy (non-hydrogen) atoms. The van der Waals surface area contributed by atoms with Crippen LogP contribution in [-0.4, -0.2) is 9.78 Å². The number of azo groups is 1. The molecule has 0 aliphatic carbocycles. The Bertz CT molecular complexity index is 363. The Morgan fingerprint density at radius 3 is 2.69 bits per heavy atom. The molecule has 1 atom stereocenters. The summed E-state index contributed by atoms with van der Waals surface area (Å²) in [6.07, 6.45) is -0.0606. The van der Waals surface area contributed by atoms with E-state index in [0.717, 1.165) is 0 Å². The molecule has 2 heterocycles. The summed E-state index contributed by atoms with van der Waals surface area (Å²) in [5.41, 5.74) is 11.6. The van der Waals surface area contributed by atoms with Crippen molar-refractivity contribution in [1.82, 2.24) is 9.78 Å². The van der Waals surface area contributed by atoms with Crippen LogP contribution in [0.15, 0.2) is 10.2 Å². The van der Waals surface area contributed by atoms with Crippen molar-refractivity contribution in [2.24, 2.45) is 16.1 Å². The van der Waals surface area contributed by atoms with Crippen molar-refractivity contribution in [2.45, 2.75) is 20.0 Å². The maximum Gasteiger partial charge on any atom is 0.200 e. The van der Waals surface area contributed by atoms with E-state index < -0.39 is 0 Å². The third-order valence-electron chi connectivity index (χ3n) is 2.07. The maximum atomic E-state index is 5.65. The number of aromatic nitrogens is 2. The fourth-order valence-electron chi connectivity index (χ4n) is 1.32. The van der Waals surface area contributed by atoms with E-state index in [2.05, 4.69) is 15.3 Å². The minimum Gasteiger partial charge on any atom is -0.393 e. The second-order valence-corrected chi connectivity index (χ2v) is 3.44. The fourth-order valence-corrected chi connectivity index (χ4v) is 1.32. The SMILES string of the molecule is CC(C)C1N=Nc2c(N)c(N)nn21. The standard InChI is InChI=1S/C7H12N6/c1-3(2)6-10-11-7-4(8)5(9)12-13(6)7/h3,6H,8H2,1-2H3,(H2,9,12). The van der Waals surface area contributed by atoms with E-state index in [9.17, 15) is 0 Å². The third-order valence-corrected chi connectivity index (χ3v) is 2.07. The number of nitrogens with zero attached hydrogens (tertiary/aromatic N) is 4. The monoisotopic (exact) mass is 180 g/mol. The van der Waals surface area contributed by atoms with Gasteiger partial charge in [0, 0.05) is 0 Å². The lowest BCUT2D eigenvalue weighted by atomic mass is 10.2. The van der Waals surface area contributed by atoms with Crippen LogP contribution in [0.25, 0.3) is 0 Å². The van der Waals surface area contributed by atoms with Crippen molar-refractivity contribution in [2.75, 3.05) is 11.5 Å². The first kappa shape index (κ1) is 8.03. The van der Waals surface area contributed by atoms with Gasteiger partial charge in [0.2, 0.25) is 0 Å². The molecule has 4 N–H and O–H groups in total. The molecule has 0 radical (unpaired) electrons. The number of hydrogen-bond donors (Lipinski definition) is 2. The minimum absolute atomic E-state index is 0.0606. The Balaban J connectivity index is 2.49. The van der Waals surface area contributed by atoms with Crippen molar-refractivity contribution in [3.8, 4) is 0 Å². The van der Waals surface area contributed by atoms with Crippen LogP contribution in [0, 0.1) is 5.92 Å². The summed E-state index contributed by atoms with van der Waals surface area (Å²) in [5, 5.41) is 12.1. The summed E-state index contributed by atoms with van der Waals surface area (Å²) in [6.45, 7) is 4.10. The lowest BCUT2D eigenvalue weighted by molar-refractivity contribution is 0.375. The van der Waals surface area contributed by atoms with Crippen molar-refractivity contribution in [3.05, 3.63) is 0 Å². The number of rotatable bonds is 1. The summed E-state index contributed by atoms with van der Waals surface area (Å²) in [6, 6.07) is 0. The van der Waals surface area contributed by atoms with Gasteiger partial charge in [-0.1, -0.05) is 13.8 Å². The number of nitrogen functional groups attached to an aromatic ring is 2. The van der Waals surface area contributed by atoms with Gasteiger partial charge < -0.3 is 11.5 Å². The maximum absolute atomic E-state index is 5.65. The molecule has 2 rings (SSSR count). The van der Waals surface area contributed by atoms with Gasteiger partial charge in [-0.25, -0.2) is 4.68 Å². The third kappa shape index (κ3) is 0.980. The van der Waals surface area contributed by atoms with Crippen molar-refractivity contribution < 1.29 is 0 Å². The van der Waals surface area contributed by atoms with Crippen LogP contribution in [0.4, 0.5) is 17.3 Å². The van der Waals surface area contributed by atoms with Crippen molar-refractivity contribution in [3.63, 3.8) is 0 Å². The van der Waals surface area contributed by atoms with E-state index >= 15 is 0 Å². The molecule has 0 aromatic carbocycles. The average Bonchev–Trinajstić information content (AvgIpc) is 2.55. The Labute approximate surface area is 75.6 Å². The first-order valence-electron chi connectivity index (χ1n) is 4.15. The van der Waals surface area contributed by atoms with Crippen LogP contribution >= 0.6 is 0 Å². The highest BCUT2D eigenvalue weighted by molar-refractivity contribution is 5.71. The van der Waals surface area contributed by atoms with Crippen LogP contribution in [-0.2, 0) is 0 Å². The zero-order valence-corrected chi connectivity index (χ0v) is 7.60. The zero-order valence-electron chi connectivity index (χ0n) is 7.60. The predicted molar refractivity (Wildman–Crippen MR) is 49.4 cm³/mol. The van der Waals surface area contributed by atoms with E-state index in [4.69, 9.17) is 11.5 Å². The molecular weight excluding hydrogens is 168 g/mol. The molecule has 0 saturated heterocycles. The van der Waals surface area contributed by atoms with E-state index in [1.54, 1.807) is 4.68 Å². The molecule has 1 aromatic heterocycles. The zero-order chi connectivity index (χ0) is 9.59. The van der Waals surface area contributed by atoms with Gasteiger partial charge in [-0.05, 0) is 5.92 Å². The molecular formula is C7H12N6. The minimum atomic E-state index is -0.0606. The first-order chi connectivity index (χ1) is 6.11. The topological polar surface area (TPSA) is 94.6 Å². The van der Waals surface area contributed by atoms with Gasteiger partial charge in [-0.2, -0.15) is 5.11 Å². The Morgan fingerprint density at radius 1 is 1.38 bits per heavy atom. The molecule has 6 heteroatoms. The predicted octanol–water partition coefficient (Wildman–Crippen LogP) is 1.30. The number of nitrogens with two attached hydrogens (primary N) is 2. The van der Waals surface area contributed by atoms with E-state index in [-0.39, 0.29) is 6.17 Å². The quantitative estimate of drug-likeness (QED) is 0.681. The van der Waals surface area contributed by atoms with Gasteiger partial charge in [-0.3, -0.25) is 0 Å². The highest BCUT2D eigenvalue weighted by atomic mass is 15.5. The summed E-state index contributed by atoms with van der Waals surface area (Å²) in [5.74, 6) is 1.25. The largest absolute Gasteiger partial charge is 0.393 e. The molecule has 1 aliphatic heterocycles. The summed E-state index contributed by atoms with van der Waals surface area (Å²) in [7, 11) is 0. The highest BCUT2D eigenvalue weighted by Gasteiger charge is 2.27. The molecule has 0 fully saturated rings. The molecule has 70 valence electrons. The van der Waals surface area contributed by atoms with Gasteiger partial charge in [0.15, 0.2) is 17.8 Å². The lowest BCUT2D eigenvalue weighted by Gasteiger charge is -2.10. The number of anilines is 2. The normalized spacial score (nSPS) is 19.8. The number of hydrogen-bond acceptors (Lipinski definition) is 5. The van der Waals surface area contributed by atoms with E-state index in [1.807, 2.05) is 13.8 Å². The van der Waals surface area contributed by atoms with Gasteiger partial charge in [0.05, 0.1) is 0 Å². The first-order valence-corrected chi connectivity index (χ1v) is 4.15. The van der Waals surface area contributed by atoms with E-state index in [1.165, 1.54) is 0 Å².